The molecule has 174 valence electrons. The lowest BCUT2D eigenvalue weighted by Gasteiger charge is -2.26. The first-order chi connectivity index (χ1) is 16.0. The van der Waals surface area contributed by atoms with Crippen molar-refractivity contribution in [2.75, 3.05) is 13.1 Å². The number of carboxylic acids is 1. The third kappa shape index (κ3) is 6.34. The number of aliphatic carboxylic acids is 1. The summed E-state index contributed by atoms with van der Waals surface area (Å²) in [7, 11) is 0. The number of ether oxygens (including phenoxy) is 1. The zero-order valence-electron chi connectivity index (χ0n) is 18.6. The fourth-order valence-corrected chi connectivity index (χ4v) is 4.21. The summed E-state index contributed by atoms with van der Waals surface area (Å²) in [5, 5.41) is 14.7. The maximum atomic E-state index is 12.4. The highest BCUT2D eigenvalue weighted by atomic mass is 16.5. The van der Waals surface area contributed by atoms with Gasteiger partial charge in [-0.1, -0.05) is 12.1 Å². The van der Waals surface area contributed by atoms with Gasteiger partial charge in [0, 0.05) is 24.2 Å². The number of carboxylic acid groups (broad SMARTS) is 1. The van der Waals surface area contributed by atoms with Crippen molar-refractivity contribution in [3.05, 3.63) is 65.2 Å². The van der Waals surface area contributed by atoms with Gasteiger partial charge in [0.1, 0.15) is 5.75 Å². The molecule has 7 nitrogen and oxygen atoms in total. The molecule has 2 aromatic rings. The highest BCUT2D eigenvalue weighted by Gasteiger charge is 2.27. The normalized spacial score (nSPS) is 20.0. The Labute approximate surface area is 193 Å². The van der Waals surface area contributed by atoms with E-state index in [1.807, 2.05) is 12.1 Å². The number of hydrogen-bond donors (Lipinski definition) is 3. The number of carbonyl (C=O) groups is 3. The molecule has 2 saturated carbocycles. The van der Waals surface area contributed by atoms with E-state index in [1.165, 1.54) is 18.4 Å². The van der Waals surface area contributed by atoms with Crippen molar-refractivity contribution in [1.29, 1.82) is 0 Å². The Morgan fingerprint density at radius 1 is 0.818 bits per heavy atom. The van der Waals surface area contributed by atoms with Crippen LogP contribution in [0, 0.1) is 5.92 Å². The van der Waals surface area contributed by atoms with Gasteiger partial charge in [0.05, 0.1) is 12.0 Å². The van der Waals surface area contributed by atoms with Gasteiger partial charge in [-0.15, -0.1) is 0 Å². The second-order valence-corrected chi connectivity index (χ2v) is 8.87. The SMILES string of the molecule is O=C(NCCNC(=O)c1cccc(C2CC2)c1)c1ccc(O[C@H]2CC[C@@H](C(=O)O)CC2)cc1. The molecule has 0 unspecified atom stereocenters. The smallest absolute Gasteiger partial charge is 0.306 e. The van der Waals surface area contributed by atoms with Gasteiger partial charge in [0.2, 0.25) is 0 Å². The molecule has 0 spiro atoms. The summed E-state index contributed by atoms with van der Waals surface area (Å²) in [6, 6.07) is 14.7. The van der Waals surface area contributed by atoms with Crippen molar-refractivity contribution in [2.45, 2.75) is 50.5 Å². The van der Waals surface area contributed by atoms with Gasteiger partial charge < -0.3 is 20.5 Å². The number of carbonyl (C=O) groups excluding carboxylic acids is 2. The minimum Gasteiger partial charge on any atom is -0.490 e. The predicted octanol–water partition coefficient (Wildman–Crippen LogP) is 3.75. The van der Waals surface area contributed by atoms with Gasteiger partial charge in [-0.05, 0) is 86.4 Å². The molecule has 0 aromatic heterocycles. The Morgan fingerprint density at radius 3 is 2.06 bits per heavy atom. The molecule has 7 heteroatoms. The van der Waals surface area contributed by atoms with Crippen LogP contribution < -0.4 is 15.4 Å². The molecule has 2 aliphatic carbocycles. The molecule has 2 aromatic carbocycles. The number of hydrogen-bond acceptors (Lipinski definition) is 4. The summed E-state index contributed by atoms with van der Waals surface area (Å²) in [5.74, 6) is -0.0781. The summed E-state index contributed by atoms with van der Waals surface area (Å²) in [5.41, 5.74) is 2.38. The molecule has 0 radical (unpaired) electrons. The average Bonchev–Trinajstić information content (AvgIpc) is 3.68. The molecule has 2 amide bonds. The molecule has 4 rings (SSSR count). The number of rotatable bonds is 9. The van der Waals surface area contributed by atoms with Crippen LogP contribution in [0.4, 0.5) is 0 Å². The third-order valence-electron chi connectivity index (χ3n) is 6.34. The molecule has 0 heterocycles. The van der Waals surface area contributed by atoms with Crippen LogP contribution in [-0.4, -0.2) is 42.1 Å². The van der Waals surface area contributed by atoms with Gasteiger partial charge in [-0.2, -0.15) is 0 Å². The largest absolute Gasteiger partial charge is 0.490 e. The van der Waals surface area contributed by atoms with Crippen molar-refractivity contribution in [3.8, 4) is 5.75 Å². The summed E-state index contributed by atoms with van der Waals surface area (Å²) in [6.07, 6.45) is 5.09. The molecule has 2 fully saturated rings. The number of benzene rings is 2. The summed E-state index contributed by atoms with van der Waals surface area (Å²) in [6.45, 7) is 0.677. The summed E-state index contributed by atoms with van der Waals surface area (Å²) >= 11 is 0. The lowest BCUT2D eigenvalue weighted by atomic mass is 9.87. The molecule has 0 atom stereocenters. The Balaban J connectivity index is 1.17. The second kappa shape index (κ2) is 10.5. The Kier molecular flexibility index (Phi) is 7.27. The van der Waals surface area contributed by atoms with Crippen LogP contribution >= 0.6 is 0 Å². The van der Waals surface area contributed by atoms with Crippen molar-refractivity contribution >= 4 is 17.8 Å². The molecular formula is C26H30N2O5. The predicted molar refractivity (Wildman–Crippen MR) is 124 cm³/mol. The van der Waals surface area contributed by atoms with Crippen molar-refractivity contribution in [3.63, 3.8) is 0 Å². The van der Waals surface area contributed by atoms with E-state index in [0.29, 0.717) is 48.7 Å². The van der Waals surface area contributed by atoms with Crippen LogP contribution in [0.2, 0.25) is 0 Å². The minimum atomic E-state index is -0.730. The van der Waals surface area contributed by atoms with E-state index in [0.717, 1.165) is 12.8 Å². The van der Waals surface area contributed by atoms with Crippen LogP contribution in [0.5, 0.6) is 5.75 Å². The third-order valence-corrected chi connectivity index (χ3v) is 6.34. The zero-order chi connectivity index (χ0) is 23.2. The highest BCUT2D eigenvalue weighted by Crippen LogP contribution is 2.40. The maximum Gasteiger partial charge on any atom is 0.306 e. The quantitative estimate of drug-likeness (QED) is 0.505. The van der Waals surface area contributed by atoms with E-state index in [9.17, 15) is 14.4 Å². The summed E-state index contributed by atoms with van der Waals surface area (Å²) < 4.78 is 5.94. The molecule has 0 bridgehead atoms. The Hall–Kier alpha value is -3.35. The van der Waals surface area contributed by atoms with Gasteiger partial charge in [-0.3, -0.25) is 14.4 Å². The number of amides is 2. The fraction of sp³-hybridized carbons (Fsp3) is 0.423. The minimum absolute atomic E-state index is 0.00820. The lowest BCUT2D eigenvalue weighted by molar-refractivity contribution is -0.143. The van der Waals surface area contributed by atoms with Crippen LogP contribution in [-0.2, 0) is 4.79 Å². The molecule has 2 aliphatic rings. The summed E-state index contributed by atoms with van der Waals surface area (Å²) in [4.78, 5) is 35.8. The van der Waals surface area contributed by atoms with E-state index in [-0.39, 0.29) is 23.8 Å². The lowest BCUT2D eigenvalue weighted by Crippen LogP contribution is -2.34. The van der Waals surface area contributed by atoms with E-state index in [4.69, 9.17) is 9.84 Å². The zero-order valence-corrected chi connectivity index (χ0v) is 18.6. The van der Waals surface area contributed by atoms with Crippen LogP contribution in [0.1, 0.15) is 70.7 Å². The highest BCUT2D eigenvalue weighted by molar-refractivity contribution is 5.95. The molecule has 0 aliphatic heterocycles. The standard InChI is InChI=1S/C26H30N2O5/c29-24(27-14-15-28-25(30)21-3-1-2-20(16-21)17-4-5-17)18-6-10-22(11-7-18)33-23-12-8-19(9-13-23)26(31)32/h1-3,6-7,10-11,16-17,19,23H,4-5,8-9,12-15H2,(H,27,29)(H,28,30)(H,31,32)/t19-,23+. The topological polar surface area (TPSA) is 105 Å². The molecule has 0 saturated heterocycles. The van der Waals surface area contributed by atoms with Gasteiger partial charge in [0.25, 0.3) is 11.8 Å². The maximum absolute atomic E-state index is 12.4. The first-order valence-corrected chi connectivity index (χ1v) is 11.7. The first-order valence-electron chi connectivity index (χ1n) is 11.7. The van der Waals surface area contributed by atoms with Crippen molar-refractivity contribution in [1.82, 2.24) is 10.6 Å². The Morgan fingerprint density at radius 2 is 1.45 bits per heavy atom. The molecule has 3 N–H and O–H groups in total. The van der Waals surface area contributed by atoms with E-state index in [1.54, 1.807) is 30.3 Å². The fourth-order valence-electron chi connectivity index (χ4n) is 4.21. The van der Waals surface area contributed by atoms with Crippen molar-refractivity contribution < 1.29 is 24.2 Å². The first kappa shape index (κ1) is 22.8. The molecule has 33 heavy (non-hydrogen) atoms. The van der Waals surface area contributed by atoms with E-state index in [2.05, 4.69) is 16.7 Å². The van der Waals surface area contributed by atoms with E-state index >= 15 is 0 Å². The van der Waals surface area contributed by atoms with Crippen molar-refractivity contribution in [2.24, 2.45) is 5.92 Å². The number of nitrogens with one attached hydrogen (secondary N) is 2. The molecular weight excluding hydrogens is 420 g/mol. The van der Waals surface area contributed by atoms with Crippen LogP contribution in [0.3, 0.4) is 0 Å². The van der Waals surface area contributed by atoms with Gasteiger partial charge in [0.15, 0.2) is 0 Å². The van der Waals surface area contributed by atoms with Gasteiger partial charge in [-0.25, -0.2) is 0 Å². The average molecular weight is 451 g/mol. The Bertz CT molecular complexity index is 992. The van der Waals surface area contributed by atoms with Crippen LogP contribution in [0.25, 0.3) is 0 Å². The van der Waals surface area contributed by atoms with E-state index < -0.39 is 5.97 Å². The van der Waals surface area contributed by atoms with Gasteiger partial charge >= 0.3 is 5.97 Å². The monoisotopic (exact) mass is 450 g/mol. The second-order valence-electron chi connectivity index (χ2n) is 8.87. The van der Waals surface area contributed by atoms with Crippen LogP contribution in [0.15, 0.2) is 48.5 Å².